The van der Waals surface area contributed by atoms with Crippen LogP contribution in [0.25, 0.3) is 11.1 Å². The SMILES string of the molecule is OC1(Cc2ccc(-c3ccccc3)cc2)CC2CCCC(C1)N2. The zero-order chi connectivity index (χ0) is 15.7. The van der Waals surface area contributed by atoms with E-state index in [-0.39, 0.29) is 0 Å². The minimum absolute atomic E-state index is 0.510. The number of piperidine rings is 2. The molecule has 2 aliphatic heterocycles. The molecule has 0 radical (unpaired) electrons. The Bertz CT molecular complexity index is 637. The van der Waals surface area contributed by atoms with Crippen LogP contribution in [-0.4, -0.2) is 22.8 Å². The van der Waals surface area contributed by atoms with Gasteiger partial charge in [-0.15, -0.1) is 0 Å². The maximum atomic E-state index is 11.1. The topological polar surface area (TPSA) is 32.3 Å². The Labute approximate surface area is 138 Å². The molecule has 23 heavy (non-hydrogen) atoms. The lowest BCUT2D eigenvalue weighted by atomic mass is 9.74. The number of aliphatic hydroxyl groups is 1. The number of hydrogen-bond donors (Lipinski definition) is 2. The van der Waals surface area contributed by atoms with E-state index in [1.54, 1.807) is 0 Å². The van der Waals surface area contributed by atoms with Crippen molar-refractivity contribution < 1.29 is 5.11 Å². The lowest BCUT2D eigenvalue weighted by Gasteiger charge is -2.45. The molecule has 0 aromatic heterocycles. The fourth-order valence-electron chi connectivity index (χ4n) is 4.40. The van der Waals surface area contributed by atoms with E-state index in [9.17, 15) is 5.11 Å². The zero-order valence-electron chi connectivity index (χ0n) is 13.5. The van der Waals surface area contributed by atoms with Gasteiger partial charge < -0.3 is 10.4 Å². The zero-order valence-corrected chi connectivity index (χ0v) is 13.5. The molecule has 0 amide bonds. The summed E-state index contributed by atoms with van der Waals surface area (Å²) in [5, 5.41) is 14.7. The Morgan fingerprint density at radius 1 is 0.870 bits per heavy atom. The van der Waals surface area contributed by atoms with Crippen molar-refractivity contribution in [3.05, 3.63) is 60.2 Å². The molecule has 2 aromatic carbocycles. The van der Waals surface area contributed by atoms with Crippen LogP contribution in [0.3, 0.4) is 0 Å². The van der Waals surface area contributed by atoms with Crippen molar-refractivity contribution in [3.8, 4) is 11.1 Å². The van der Waals surface area contributed by atoms with Crippen LogP contribution in [0, 0.1) is 0 Å². The monoisotopic (exact) mass is 307 g/mol. The minimum atomic E-state index is -0.532. The number of hydrogen-bond acceptors (Lipinski definition) is 2. The van der Waals surface area contributed by atoms with Gasteiger partial charge in [0.2, 0.25) is 0 Å². The van der Waals surface area contributed by atoms with Crippen molar-refractivity contribution in [2.45, 2.75) is 56.2 Å². The first-order chi connectivity index (χ1) is 11.2. The number of fused-ring (bicyclic) bond motifs is 2. The maximum absolute atomic E-state index is 11.1. The van der Waals surface area contributed by atoms with Crippen molar-refractivity contribution in [2.75, 3.05) is 0 Å². The molecule has 0 spiro atoms. The van der Waals surface area contributed by atoms with Gasteiger partial charge in [0.15, 0.2) is 0 Å². The average Bonchev–Trinajstić information content (AvgIpc) is 2.55. The molecule has 2 aliphatic rings. The molecule has 2 unspecified atom stereocenters. The van der Waals surface area contributed by atoms with Gasteiger partial charge in [-0.3, -0.25) is 0 Å². The summed E-state index contributed by atoms with van der Waals surface area (Å²) in [7, 11) is 0. The molecule has 2 bridgehead atoms. The molecule has 2 aromatic rings. The second kappa shape index (κ2) is 6.10. The minimum Gasteiger partial charge on any atom is -0.389 e. The summed E-state index contributed by atoms with van der Waals surface area (Å²) in [5.41, 5.74) is 3.19. The van der Waals surface area contributed by atoms with E-state index in [1.807, 2.05) is 6.07 Å². The van der Waals surface area contributed by atoms with Gasteiger partial charge in [-0.05, 0) is 42.4 Å². The second-order valence-corrected chi connectivity index (χ2v) is 7.36. The van der Waals surface area contributed by atoms with Gasteiger partial charge in [0, 0.05) is 18.5 Å². The summed E-state index contributed by atoms with van der Waals surface area (Å²) < 4.78 is 0. The Balaban J connectivity index is 1.48. The third kappa shape index (κ3) is 3.34. The number of nitrogens with one attached hydrogen (secondary N) is 1. The third-order valence-electron chi connectivity index (χ3n) is 5.42. The van der Waals surface area contributed by atoms with Crippen LogP contribution in [0.2, 0.25) is 0 Å². The molecule has 2 fully saturated rings. The largest absolute Gasteiger partial charge is 0.389 e. The van der Waals surface area contributed by atoms with Gasteiger partial charge in [-0.1, -0.05) is 61.0 Å². The second-order valence-electron chi connectivity index (χ2n) is 7.36. The van der Waals surface area contributed by atoms with E-state index in [2.05, 4.69) is 53.8 Å². The first kappa shape index (κ1) is 14.9. The molecular weight excluding hydrogens is 282 g/mol. The van der Waals surface area contributed by atoms with E-state index in [0.717, 1.165) is 19.3 Å². The molecular formula is C21H25NO. The summed E-state index contributed by atoms with van der Waals surface area (Å²) in [6.45, 7) is 0. The van der Waals surface area contributed by atoms with Crippen molar-refractivity contribution in [2.24, 2.45) is 0 Å². The van der Waals surface area contributed by atoms with E-state index in [1.165, 1.54) is 36.0 Å². The maximum Gasteiger partial charge on any atom is 0.0717 e. The highest BCUT2D eigenvalue weighted by Gasteiger charge is 2.40. The average molecular weight is 307 g/mol. The quantitative estimate of drug-likeness (QED) is 0.900. The fraction of sp³-hybridized carbons (Fsp3) is 0.429. The standard InChI is InChI=1S/C21H25NO/c23-21(14-19-7-4-8-20(15-21)22-19)13-16-9-11-18(12-10-16)17-5-2-1-3-6-17/h1-3,5-6,9-12,19-20,22-23H,4,7-8,13-15H2. The van der Waals surface area contributed by atoms with Gasteiger partial charge in [0.1, 0.15) is 0 Å². The molecule has 2 N–H and O–H groups in total. The molecule has 2 nitrogen and oxygen atoms in total. The van der Waals surface area contributed by atoms with Crippen molar-refractivity contribution >= 4 is 0 Å². The molecule has 4 rings (SSSR count). The fourth-order valence-corrected chi connectivity index (χ4v) is 4.40. The van der Waals surface area contributed by atoms with Crippen LogP contribution in [0.1, 0.15) is 37.7 Å². The normalized spacial score (nSPS) is 30.1. The van der Waals surface area contributed by atoms with Gasteiger partial charge in [-0.2, -0.15) is 0 Å². The number of benzene rings is 2. The smallest absolute Gasteiger partial charge is 0.0717 e. The first-order valence-electron chi connectivity index (χ1n) is 8.83. The van der Waals surface area contributed by atoms with E-state index in [4.69, 9.17) is 0 Å². The Kier molecular flexibility index (Phi) is 3.96. The Morgan fingerprint density at radius 3 is 2.13 bits per heavy atom. The van der Waals surface area contributed by atoms with E-state index < -0.39 is 5.60 Å². The Hall–Kier alpha value is -1.64. The molecule has 2 heterocycles. The predicted octanol–water partition coefficient (Wildman–Crippen LogP) is 3.93. The van der Waals surface area contributed by atoms with Gasteiger partial charge in [0.25, 0.3) is 0 Å². The summed E-state index contributed by atoms with van der Waals surface area (Å²) in [6.07, 6.45) is 6.30. The van der Waals surface area contributed by atoms with Crippen molar-refractivity contribution in [1.29, 1.82) is 0 Å². The highest BCUT2D eigenvalue weighted by Crippen LogP contribution is 2.35. The van der Waals surface area contributed by atoms with Gasteiger partial charge in [0.05, 0.1) is 5.60 Å². The molecule has 0 aliphatic carbocycles. The lowest BCUT2D eigenvalue weighted by Crippen LogP contribution is -2.56. The van der Waals surface area contributed by atoms with Crippen molar-refractivity contribution in [1.82, 2.24) is 5.32 Å². The van der Waals surface area contributed by atoms with Crippen LogP contribution >= 0.6 is 0 Å². The van der Waals surface area contributed by atoms with Crippen LogP contribution in [-0.2, 0) is 6.42 Å². The third-order valence-corrected chi connectivity index (χ3v) is 5.42. The Morgan fingerprint density at radius 2 is 1.48 bits per heavy atom. The van der Waals surface area contributed by atoms with Gasteiger partial charge in [-0.25, -0.2) is 0 Å². The molecule has 2 saturated heterocycles. The van der Waals surface area contributed by atoms with Crippen LogP contribution in [0.15, 0.2) is 54.6 Å². The molecule has 2 heteroatoms. The van der Waals surface area contributed by atoms with E-state index in [0.29, 0.717) is 12.1 Å². The van der Waals surface area contributed by atoms with Crippen molar-refractivity contribution in [3.63, 3.8) is 0 Å². The molecule has 120 valence electrons. The lowest BCUT2D eigenvalue weighted by molar-refractivity contribution is -0.0302. The summed E-state index contributed by atoms with van der Waals surface area (Å²) in [4.78, 5) is 0. The van der Waals surface area contributed by atoms with Crippen LogP contribution < -0.4 is 5.32 Å². The number of rotatable bonds is 3. The highest BCUT2D eigenvalue weighted by atomic mass is 16.3. The predicted molar refractivity (Wildman–Crippen MR) is 94.3 cm³/mol. The van der Waals surface area contributed by atoms with Crippen LogP contribution in [0.5, 0.6) is 0 Å². The summed E-state index contributed by atoms with van der Waals surface area (Å²) >= 11 is 0. The van der Waals surface area contributed by atoms with E-state index >= 15 is 0 Å². The van der Waals surface area contributed by atoms with Crippen LogP contribution in [0.4, 0.5) is 0 Å². The molecule has 0 saturated carbocycles. The first-order valence-corrected chi connectivity index (χ1v) is 8.83. The summed E-state index contributed by atoms with van der Waals surface area (Å²) in [6, 6.07) is 20.2. The van der Waals surface area contributed by atoms with Gasteiger partial charge >= 0.3 is 0 Å². The molecule has 2 atom stereocenters. The highest BCUT2D eigenvalue weighted by molar-refractivity contribution is 5.63. The summed E-state index contributed by atoms with van der Waals surface area (Å²) in [5.74, 6) is 0.